The molecule has 0 aliphatic carbocycles. The molecule has 0 radical (unpaired) electrons. The summed E-state index contributed by atoms with van der Waals surface area (Å²) in [7, 11) is 1.90. The smallest absolute Gasteiger partial charge is 0.220 e. The number of nitrogens with one attached hydrogen (secondary N) is 2. The van der Waals surface area contributed by atoms with E-state index in [2.05, 4.69) is 16.7 Å². The van der Waals surface area contributed by atoms with Gasteiger partial charge in [0.1, 0.15) is 0 Å². The molecule has 0 spiro atoms. The fraction of sp³-hybridized carbons (Fsp3) is 0.588. The van der Waals surface area contributed by atoms with E-state index < -0.39 is 0 Å². The van der Waals surface area contributed by atoms with Gasteiger partial charge < -0.3 is 15.4 Å². The highest BCUT2D eigenvalue weighted by Gasteiger charge is 2.36. The Morgan fingerprint density at radius 1 is 1.32 bits per heavy atom. The fourth-order valence-corrected chi connectivity index (χ4v) is 3.31. The Bertz CT molecular complexity index is 487. The van der Waals surface area contributed by atoms with E-state index in [1.54, 1.807) is 0 Å². The van der Waals surface area contributed by atoms with Crippen LogP contribution in [0.25, 0.3) is 0 Å². The Morgan fingerprint density at radius 3 is 2.73 bits per heavy atom. The van der Waals surface area contributed by atoms with E-state index in [0.717, 1.165) is 36.4 Å². The highest BCUT2D eigenvalue weighted by atomic mass is 35.5. The van der Waals surface area contributed by atoms with Gasteiger partial charge in [-0.2, -0.15) is 0 Å². The predicted molar refractivity (Wildman–Crippen MR) is 89.4 cm³/mol. The number of hydrogen-bond donors (Lipinski definition) is 2. The van der Waals surface area contributed by atoms with Crippen molar-refractivity contribution in [3.05, 3.63) is 34.9 Å². The summed E-state index contributed by atoms with van der Waals surface area (Å²) in [6.45, 7) is 2.90. The van der Waals surface area contributed by atoms with E-state index in [-0.39, 0.29) is 11.3 Å². The number of rotatable bonds is 7. The average Bonchev–Trinajstić information content (AvgIpc) is 2.54. The Balaban J connectivity index is 2.04. The lowest BCUT2D eigenvalue weighted by molar-refractivity contribution is -0.121. The Hall–Kier alpha value is -1.10. The highest BCUT2D eigenvalue weighted by molar-refractivity contribution is 6.31. The quantitative estimate of drug-likeness (QED) is 0.758. The van der Waals surface area contributed by atoms with Crippen molar-refractivity contribution in [2.24, 2.45) is 0 Å². The van der Waals surface area contributed by atoms with Crippen LogP contribution in [0, 0.1) is 0 Å². The van der Waals surface area contributed by atoms with Gasteiger partial charge in [-0.25, -0.2) is 0 Å². The summed E-state index contributed by atoms with van der Waals surface area (Å²) in [6, 6.07) is 7.94. The largest absolute Gasteiger partial charge is 0.381 e. The van der Waals surface area contributed by atoms with Gasteiger partial charge in [0, 0.05) is 36.6 Å². The monoisotopic (exact) mass is 324 g/mol. The van der Waals surface area contributed by atoms with Crippen LogP contribution in [0.5, 0.6) is 0 Å². The van der Waals surface area contributed by atoms with Gasteiger partial charge in [-0.1, -0.05) is 29.8 Å². The third-order valence-electron chi connectivity index (χ3n) is 4.35. The van der Waals surface area contributed by atoms with E-state index in [4.69, 9.17) is 16.3 Å². The zero-order chi connectivity index (χ0) is 15.8. The van der Waals surface area contributed by atoms with Gasteiger partial charge in [0.15, 0.2) is 0 Å². The molecule has 1 heterocycles. The molecule has 5 heteroatoms. The first-order valence-electron chi connectivity index (χ1n) is 7.92. The van der Waals surface area contributed by atoms with Crippen molar-refractivity contribution in [1.82, 2.24) is 10.6 Å². The lowest BCUT2D eigenvalue weighted by Gasteiger charge is -2.38. The third kappa shape index (κ3) is 4.45. The van der Waals surface area contributed by atoms with Gasteiger partial charge in [0.2, 0.25) is 5.91 Å². The first-order valence-corrected chi connectivity index (χ1v) is 8.30. The molecule has 1 fully saturated rings. The van der Waals surface area contributed by atoms with Crippen molar-refractivity contribution in [2.45, 2.75) is 31.1 Å². The standard InChI is InChI=1S/C17H25ClN2O2/c1-19-10-4-7-16(21)20-13-17(8-11-22-12-9-17)14-5-2-3-6-15(14)18/h2-3,5-6,19H,4,7-13H2,1H3,(H,20,21). The first-order chi connectivity index (χ1) is 10.7. The predicted octanol–water partition coefficient (Wildman–Crippen LogP) is 2.50. The van der Waals surface area contributed by atoms with Crippen LogP contribution in [0.2, 0.25) is 5.02 Å². The van der Waals surface area contributed by atoms with E-state index in [1.165, 1.54) is 0 Å². The number of carbonyl (C=O) groups is 1. The maximum atomic E-state index is 12.0. The van der Waals surface area contributed by atoms with E-state index >= 15 is 0 Å². The molecule has 0 bridgehead atoms. The minimum Gasteiger partial charge on any atom is -0.381 e. The van der Waals surface area contributed by atoms with Crippen LogP contribution >= 0.6 is 11.6 Å². The van der Waals surface area contributed by atoms with Crippen molar-refractivity contribution < 1.29 is 9.53 Å². The molecule has 1 aromatic rings. The summed E-state index contributed by atoms with van der Waals surface area (Å²) in [4.78, 5) is 12.0. The Kier molecular flexibility index (Phi) is 6.68. The second kappa shape index (κ2) is 8.51. The summed E-state index contributed by atoms with van der Waals surface area (Å²) in [5.41, 5.74) is 1.01. The molecule has 0 unspecified atom stereocenters. The van der Waals surface area contributed by atoms with E-state index in [9.17, 15) is 4.79 Å². The molecule has 1 saturated heterocycles. The van der Waals surface area contributed by atoms with Crippen LogP contribution in [-0.2, 0) is 14.9 Å². The molecule has 0 saturated carbocycles. The molecule has 1 amide bonds. The number of halogens is 1. The Morgan fingerprint density at radius 2 is 2.05 bits per heavy atom. The normalized spacial score (nSPS) is 17.2. The average molecular weight is 325 g/mol. The molecule has 1 aliphatic rings. The SMILES string of the molecule is CNCCCC(=O)NCC1(c2ccccc2Cl)CCOCC1. The van der Waals surface area contributed by atoms with Crippen molar-refractivity contribution in [3.8, 4) is 0 Å². The first kappa shape index (κ1) is 17.3. The fourth-order valence-electron chi connectivity index (χ4n) is 2.98. The molecule has 0 atom stereocenters. The van der Waals surface area contributed by atoms with Gasteiger partial charge >= 0.3 is 0 Å². The maximum absolute atomic E-state index is 12.0. The van der Waals surface area contributed by atoms with E-state index in [1.807, 2.05) is 25.2 Å². The van der Waals surface area contributed by atoms with Crippen LogP contribution in [0.1, 0.15) is 31.2 Å². The lowest BCUT2D eigenvalue weighted by Crippen LogP contribution is -2.44. The molecule has 2 N–H and O–H groups in total. The van der Waals surface area contributed by atoms with E-state index in [0.29, 0.717) is 26.2 Å². The summed E-state index contributed by atoms with van der Waals surface area (Å²) in [5, 5.41) is 6.92. The topological polar surface area (TPSA) is 50.4 Å². The van der Waals surface area contributed by atoms with Crippen molar-refractivity contribution in [1.29, 1.82) is 0 Å². The summed E-state index contributed by atoms with van der Waals surface area (Å²) in [5.74, 6) is 0.105. The van der Waals surface area contributed by atoms with Gasteiger partial charge in [-0.15, -0.1) is 0 Å². The second-order valence-electron chi connectivity index (χ2n) is 5.86. The molecular formula is C17H25ClN2O2. The minimum atomic E-state index is -0.116. The number of benzene rings is 1. The van der Waals surface area contributed by atoms with Gasteiger partial charge in [0.25, 0.3) is 0 Å². The molecule has 1 aromatic carbocycles. The number of carbonyl (C=O) groups excluding carboxylic acids is 1. The minimum absolute atomic E-state index is 0.105. The van der Waals surface area contributed by atoms with Crippen molar-refractivity contribution >= 4 is 17.5 Å². The molecule has 122 valence electrons. The van der Waals surface area contributed by atoms with Gasteiger partial charge in [-0.3, -0.25) is 4.79 Å². The number of hydrogen-bond acceptors (Lipinski definition) is 3. The van der Waals surface area contributed by atoms with Crippen molar-refractivity contribution in [3.63, 3.8) is 0 Å². The summed E-state index contributed by atoms with van der Waals surface area (Å²) < 4.78 is 5.51. The van der Waals surface area contributed by atoms with Gasteiger partial charge in [-0.05, 0) is 44.5 Å². The zero-order valence-corrected chi connectivity index (χ0v) is 13.9. The molecule has 2 rings (SSSR count). The second-order valence-corrected chi connectivity index (χ2v) is 6.26. The maximum Gasteiger partial charge on any atom is 0.220 e. The highest BCUT2D eigenvalue weighted by Crippen LogP contribution is 2.38. The zero-order valence-electron chi connectivity index (χ0n) is 13.2. The molecule has 1 aliphatic heterocycles. The molecule has 22 heavy (non-hydrogen) atoms. The molecule has 4 nitrogen and oxygen atoms in total. The van der Waals surface area contributed by atoms with Crippen LogP contribution in [0.15, 0.2) is 24.3 Å². The number of ether oxygens (including phenoxy) is 1. The van der Waals surface area contributed by atoms with Gasteiger partial charge in [0.05, 0.1) is 0 Å². The van der Waals surface area contributed by atoms with Crippen LogP contribution in [0.3, 0.4) is 0 Å². The summed E-state index contributed by atoms with van der Waals surface area (Å²) >= 11 is 6.40. The third-order valence-corrected chi connectivity index (χ3v) is 4.68. The van der Waals surface area contributed by atoms with Crippen LogP contribution in [0.4, 0.5) is 0 Å². The van der Waals surface area contributed by atoms with Crippen LogP contribution in [-0.4, -0.2) is 39.3 Å². The summed E-state index contributed by atoms with van der Waals surface area (Å²) in [6.07, 6.45) is 3.17. The molecular weight excluding hydrogens is 300 g/mol. The molecule has 0 aromatic heterocycles. The number of amides is 1. The lowest BCUT2D eigenvalue weighted by atomic mass is 9.74. The van der Waals surface area contributed by atoms with Crippen LogP contribution < -0.4 is 10.6 Å². The van der Waals surface area contributed by atoms with Crippen molar-refractivity contribution in [2.75, 3.05) is 33.4 Å². The Labute approximate surface area is 137 Å².